The summed E-state index contributed by atoms with van der Waals surface area (Å²) < 4.78 is 11.8. The van der Waals surface area contributed by atoms with Crippen molar-refractivity contribution < 1.29 is 9.26 Å². The molecule has 0 aliphatic carbocycles. The molecule has 4 aromatic rings. The highest BCUT2D eigenvalue weighted by Gasteiger charge is 2.17. The average Bonchev–Trinajstić information content (AvgIpc) is 3.14. The molecule has 1 aromatic carbocycles. The lowest BCUT2D eigenvalue weighted by Gasteiger charge is -2.02. The van der Waals surface area contributed by atoms with Crippen LogP contribution in [0.2, 0.25) is 5.15 Å². The second-order valence-corrected chi connectivity index (χ2v) is 5.06. The number of hydrogen-bond acceptors (Lipinski definition) is 6. The smallest absolute Gasteiger partial charge is 0.207 e. The van der Waals surface area contributed by atoms with Crippen molar-refractivity contribution in [3.05, 3.63) is 41.2 Å². The minimum absolute atomic E-state index is 0.334. The van der Waals surface area contributed by atoms with Gasteiger partial charge in [0.1, 0.15) is 6.61 Å². The first-order valence-electron chi connectivity index (χ1n) is 6.52. The van der Waals surface area contributed by atoms with Gasteiger partial charge in [0.05, 0.1) is 0 Å². The summed E-state index contributed by atoms with van der Waals surface area (Å²) in [5.41, 5.74) is 1.14. The zero-order valence-corrected chi connectivity index (χ0v) is 12.3. The molecule has 0 aliphatic heterocycles. The summed E-state index contributed by atoms with van der Waals surface area (Å²) in [6.45, 7) is 0.334. The first-order chi connectivity index (χ1) is 10.8. The fraction of sp³-hybridized carbons (Fsp3) is 0.143. The van der Waals surface area contributed by atoms with Crippen LogP contribution >= 0.6 is 11.6 Å². The molecule has 0 saturated carbocycles. The Morgan fingerprint density at radius 3 is 2.86 bits per heavy atom. The van der Waals surface area contributed by atoms with Crippen molar-refractivity contribution in [1.29, 1.82) is 0 Å². The highest BCUT2D eigenvalue weighted by Crippen LogP contribution is 2.27. The van der Waals surface area contributed by atoms with Gasteiger partial charge >= 0.3 is 0 Å². The van der Waals surface area contributed by atoms with E-state index in [2.05, 4.69) is 20.5 Å². The molecule has 3 heterocycles. The number of benzene rings is 1. The van der Waals surface area contributed by atoms with Gasteiger partial charge < -0.3 is 9.26 Å². The molecule has 0 spiro atoms. The van der Waals surface area contributed by atoms with Gasteiger partial charge in [-0.15, -0.1) is 10.2 Å². The lowest BCUT2D eigenvalue weighted by Crippen LogP contribution is -1.97. The lowest BCUT2D eigenvalue weighted by molar-refractivity contribution is 0.156. The van der Waals surface area contributed by atoms with Crippen LogP contribution in [0.25, 0.3) is 27.9 Å². The van der Waals surface area contributed by atoms with E-state index in [1.54, 1.807) is 17.7 Å². The molecule has 8 heteroatoms. The molecule has 4 rings (SSSR count). The number of hydrogen-bond donors (Lipinski definition) is 0. The van der Waals surface area contributed by atoms with Gasteiger partial charge in [-0.1, -0.05) is 41.0 Å². The number of methoxy groups -OCH3 is 1. The van der Waals surface area contributed by atoms with Gasteiger partial charge in [-0.3, -0.25) is 0 Å². The van der Waals surface area contributed by atoms with Gasteiger partial charge in [-0.05, 0) is 0 Å². The summed E-state index contributed by atoms with van der Waals surface area (Å²) in [6.07, 6.45) is 0. The van der Waals surface area contributed by atoms with Gasteiger partial charge in [0.25, 0.3) is 0 Å². The molecule has 22 heavy (non-hydrogen) atoms. The number of ether oxygens (including phenoxy) is 1. The van der Waals surface area contributed by atoms with Crippen LogP contribution in [0.5, 0.6) is 0 Å². The Kier molecular flexibility index (Phi) is 3.02. The molecule has 0 saturated heterocycles. The average molecular weight is 316 g/mol. The van der Waals surface area contributed by atoms with Crippen LogP contribution in [-0.4, -0.2) is 32.1 Å². The molecular formula is C14H10ClN5O2. The van der Waals surface area contributed by atoms with E-state index in [1.165, 1.54) is 0 Å². The molecule has 0 atom stereocenters. The monoisotopic (exact) mass is 315 g/mol. The van der Waals surface area contributed by atoms with Crippen molar-refractivity contribution in [3.63, 3.8) is 0 Å². The number of fused-ring (bicyclic) bond motifs is 3. The second-order valence-electron chi connectivity index (χ2n) is 4.71. The third-order valence-electron chi connectivity index (χ3n) is 3.29. The van der Waals surface area contributed by atoms with Crippen LogP contribution in [0, 0.1) is 0 Å². The molecule has 0 unspecified atom stereocenters. The van der Waals surface area contributed by atoms with E-state index in [0.717, 1.165) is 10.8 Å². The van der Waals surface area contributed by atoms with Crippen molar-refractivity contribution in [3.8, 4) is 11.5 Å². The second kappa shape index (κ2) is 5.04. The molecule has 0 aliphatic rings. The summed E-state index contributed by atoms with van der Waals surface area (Å²) >= 11 is 6.26. The minimum Gasteiger partial charge on any atom is -0.377 e. The summed E-state index contributed by atoms with van der Waals surface area (Å²) in [6, 6.07) is 9.38. The van der Waals surface area contributed by atoms with Gasteiger partial charge in [-0.2, -0.15) is 9.61 Å². The van der Waals surface area contributed by atoms with Gasteiger partial charge in [0, 0.05) is 23.9 Å². The fourth-order valence-corrected chi connectivity index (χ4v) is 2.57. The Morgan fingerprint density at radius 2 is 2.05 bits per heavy atom. The van der Waals surface area contributed by atoms with E-state index in [-0.39, 0.29) is 0 Å². The zero-order chi connectivity index (χ0) is 15.1. The topological polar surface area (TPSA) is 78.3 Å². The van der Waals surface area contributed by atoms with Crippen LogP contribution in [0.1, 0.15) is 5.76 Å². The minimum atomic E-state index is 0.334. The summed E-state index contributed by atoms with van der Waals surface area (Å²) in [5.74, 6) is 1.06. The van der Waals surface area contributed by atoms with Crippen molar-refractivity contribution in [2.75, 3.05) is 7.11 Å². The third-order valence-corrected chi connectivity index (χ3v) is 3.57. The number of aromatic nitrogens is 5. The fourth-order valence-electron chi connectivity index (χ4n) is 2.33. The molecule has 0 radical (unpaired) electrons. The van der Waals surface area contributed by atoms with Crippen LogP contribution in [0.15, 0.2) is 34.9 Å². The Hall–Kier alpha value is -2.51. The number of halogens is 1. The van der Waals surface area contributed by atoms with Crippen LogP contribution < -0.4 is 0 Å². The Balaban J connectivity index is 1.95. The highest BCUT2D eigenvalue weighted by atomic mass is 35.5. The molecule has 0 amide bonds. The molecule has 110 valence electrons. The predicted molar refractivity (Wildman–Crippen MR) is 79.5 cm³/mol. The summed E-state index contributed by atoms with van der Waals surface area (Å²) in [5, 5.41) is 18.8. The van der Waals surface area contributed by atoms with E-state index in [4.69, 9.17) is 20.9 Å². The third kappa shape index (κ3) is 1.94. The SMILES string of the molecule is COCc1cc(-c2nnc3c4ccccc4c(Cl)nn23)no1. The lowest BCUT2D eigenvalue weighted by atomic mass is 10.2. The Labute approximate surface area is 129 Å². The van der Waals surface area contributed by atoms with Gasteiger partial charge in [-0.25, -0.2) is 0 Å². The van der Waals surface area contributed by atoms with Crippen molar-refractivity contribution in [2.45, 2.75) is 6.61 Å². The van der Waals surface area contributed by atoms with Crippen LogP contribution in [0.3, 0.4) is 0 Å². The number of nitrogens with zero attached hydrogens (tertiary/aromatic N) is 5. The Bertz CT molecular complexity index is 978. The maximum atomic E-state index is 6.26. The van der Waals surface area contributed by atoms with E-state index >= 15 is 0 Å². The highest BCUT2D eigenvalue weighted by molar-refractivity contribution is 6.34. The van der Waals surface area contributed by atoms with Crippen molar-refractivity contribution in [1.82, 2.24) is 25.0 Å². The Morgan fingerprint density at radius 1 is 1.23 bits per heavy atom. The van der Waals surface area contributed by atoms with Gasteiger partial charge in [0.2, 0.25) is 5.82 Å². The quantitative estimate of drug-likeness (QED) is 0.578. The van der Waals surface area contributed by atoms with Gasteiger partial charge in [0.15, 0.2) is 22.3 Å². The summed E-state index contributed by atoms with van der Waals surface area (Å²) in [7, 11) is 1.59. The first kappa shape index (κ1) is 13.2. The normalized spacial score (nSPS) is 11.5. The first-order valence-corrected chi connectivity index (χ1v) is 6.90. The molecule has 7 nitrogen and oxygen atoms in total. The maximum Gasteiger partial charge on any atom is 0.207 e. The molecule has 0 bridgehead atoms. The standard InChI is InChI=1S/C14H10ClN5O2/c1-21-7-8-6-11(19-22-8)14-17-16-13-10-5-3-2-4-9(10)12(15)18-20(13)14/h2-6H,7H2,1H3. The number of rotatable bonds is 3. The maximum absolute atomic E-state index is 6.26. The van der Waals surface area contributed by atoms with Crippen LogP contribution in [-0.2, 0) is 11.3 Å². The molecule has 0 fully saturated rings. The summed E-state index contributed by atoms with van der Waals surface area (Å²) in [4.78, 5) is 0. The zero-order valence-electron chi connectivity index (χ0n) is 11.5. The van der Waals surface area contributed by atoms with E-state index in [9.17, 15) is 0 Å². The van der Waals surface area contributed by atoms with Crippen molar-refractivity contribution in [2.24, 2.45) is 0 Å². The largest absolute Gasteiger partial charge is 0.377 e. The molecule has 0 N–H and O–H groups in total. The predicted octanol–water partition coefficient (Wildman–Crippen LogP) is 2.73. The van der Waals surface area contributed by atoms with E-state index in [1.807, 2.05) is 24.3 Å². The van der Waals surface area contributed by atoms with Crippen LogP contribution in [0.4, 0.5) is 0 Å². The molecular weight excluding hydrogens is 306 g/mol. The molecule has 3 aromatic heterocycles. The van der Waals surface area contributed by atoms with E-state index < -0.39 is 0 Å². The van der Waals surface area contributed by atoms with Crippen molar-refractivity contribution >= 4 is 28.0 Å². The van der Waals surface area contributed by atoms with E-state index in [0.29, 0.717) is 34.7 Å².